The van der Waals surface area contributed by atoms with Gasteiger partial charge < -0.3 is 9.64 Å². The van der Waals surface area contributed by atoms with Gasteiger partial charge in [-0.2, -0.15) is 0 Å². The third kappa shape index (κ3) is 6.84. The van der Waals surface area contributed by atoms with Gasteiger partial charge in [0.25, 0.3) is 0 Å². The zero-order chi connectivity index (χ0) is 18.4. The van der Waals surface area contributed by atoms with Crippen LogP contribution in [0.3, 0.4) is 0 Å². The summed E-state index contributed by atoms with van der Waals surface area (Å²) in [7, 11) is 0. The van der Waals surface area contributed by atoms with Gasteiger partial charge in [-0.15, -0.1) is 0 Å². The van der Waals surface area contributed by atoms with Gasteiger partial charge >= 0.3 is 0 Å². The molecule has 3 nitrogen and oxygen atoms in total. The van der Waals surface area contributed by atoms with Gasteiger partial charge in [0.2, 0.25) is 0 Å². The highest BCUT2D eigenvalue weighted by Crippen LogP contribution is 2.30. The van der Waals surface area contributed by atoms with E-state index in [4.69, 9.17) is 4.74 Å². The fraction of sp³-hybridized carbons (Fsp3) is 1.00. The van der Waals surface area contributed by atoms with E-state index in [1.54, 1.807) is 0 Å². The largest absolute Gasteiger partial charge is 0.376 e. The van der Waals surface area contributed by atoms with Crippen LogP contribution in [0.5, 0.6) is 0 Å². The lowest BCUT2D eigenvalue weighted by atomic mass is 9.84. The molecule has 0 spiro atoms. The maximum atomic E-state index is 5.98. The standard InChI is InChI=1S/C22H44N2O/c1-18(2)24-16-15-23(17-22(24,5)6)14-8-7-9-20-10-12-21(13-11-20)25-19(3)4/h18-21H,7-17H2,1-6H3. The molecule has 1 aliphatic heterocycles. The first-order valence-corrected chi connectivity index (χ1v) is 10.9. The minimum absolute atomic E-state index is 0.321. The molecule has 0 amide bonds. The van der Waals surface area contributed by atoms with Crippen LogP contribution in [0.2, 0.25) is 0 Å². The summed E-state index contributed by atoms with van der Waals surface area (Å²) in [6, 6.07) is 0.659. The van der Waals surface area contributed by atoms with Gasteiger partial charge in [-0.25, -0.2) is 0 Å². The van der Waals surface area contributed by atoms with Crippen molar-refractivity contribution in [3.63, 3.8) is 0 Å². The molecule has 1 aliphatic carbocycles. The average Bonchev–Trinajstić information content (AvgIpc) is 2.51. The smallest absolute Gasteiger partial charge is 0.0578 e. The number of unbranched alkanes of at least 4 members (excludes halogenated alkanes) is 1. The quantitative estimate of drug-likeness (QED) is 0.575. The normalized spacial score (nSPS) is 28.8. The van der Waals surface area contributed by atoms with Gasteiger partial charge in [-0.05, 0) is 86.1 Å². The molecule has 0 aromatic rings. The zero-order valence-corrected chi connectivity index (χ0v) is 17.9. The molecule has 148 valence electrons. The lowest BCUT2D eigenvalue weighted by Gasteiger charge is -2.49. The van der Waals surface area contributed by atoms with Gasteiger partial charge in [-0.1, -0.05) is 12.8 Å². The van der Waals surface area contributed by atoms with Gasteiger partial charge in [0.05, 0.1) is 12.2 Å². The molecule has 2 fully saturated rings. The Bertz CT molecular complexity index is 372. The molecule has 0 aromatic carbocycles. The molecule has 0 atom stereocenters. The summed E-state index contributed by atoms with van der Waals surface area (Å²) in [4.78, 5) is 5.37. The number of nitrogens with zero attached hydrogens (tertiary/aromatic N) is 2. The van der Waals surface area contributed by atoms with Gasteiger partial charge in [-0.3, -0.25) is 4.90 Å². The summed E-state index contributed by atoms with van der Waals surface area (Å²) in [5, 5.41) is 0. The van der Waals surface area contributed by atoms with Crippen molar-refractivity contribution in [2.75, 3.05) is 26.2 Å². The molecule has 3 heteroatoms. The van der Waals surface area contributed by atoms with E-state index in [1.807, 2.05) is 0 Å². The highest BCUT2D eigenvalue weighted by molar-refractivity contribution is 4.91. The van der Waals surface area contributed by atoms with E-state index in [9.17, 15) is 0 Å². The summed E-state index contributed by atoms with van der Waals surface area (Å²) >= 11 is 0. The zero-order valence-electron chi connectivity index (χ0n) is 17.9. The molecule has 0 bridgehead atoms. The van der Waals surface area contributed by atoms with Gasteiger partial charge in [0.1, 0.15) is 0 Å². The van der Waals surface area contributed by atoms with Crippen LogP contribution in [0.4, 0.5) is 0 Å². The maximum Gasteiger partial charge on any atom is 0.0578 e. The summed E-state index contributed by atoms with van der Waals surface area (Å²) in [5.41, 5.74) is 0.321. The lowest BCUT2D eigenvalue weighted by Crippen LogP contribution is -2.61. The van der Waals surface area contributed by atoms with E-state index in [1.165, 1.54) is 71.1 Å². The van der Waals surface area contributed by atoms with Crippen LogP contribution in [0.25, 0.3) is 0 Å². The van der Waals surface area contributed by atoms with Crippen molar-refractivity contribution in [1.29, 1.82) is 0 Å². The van der Waals surface area contributed by atoms with Crippen molar-refractivity contribution >= 4 is 0 Å². The SMILES string of the molecule is CC(C)OC1CCC(CCCCN2CCN(C(C)C)C(C)(C)C2)CC1. The lowest BCUT2D eigenvalue weighted by molar-refractivity contribution is -0.0205. The number of rotatable bonds is 8. The van der Waals surface area contributed by atoms with Crippen LogP contribution in [-0.4, -0.2) is 59.8 Å². The molecule has 0 unspecified atom stereocenters. The fourth-order valence-corrected chi connectivity index (χ4v) is 5.13. The molecular formula is C22H44N2O. The molecule has 1 saturated heterocycles. The van der Waals surface area contributed by atoms with Crippen molar-refractivity contribution in [3.8, 4) is 0 Å². The van der Waals surface area contributed by atoms with Crippen LogP contribution >= 0.6 is 0 Å². The predicted molar refractivity (Wildman–Crippen MR) is 108 cm³/mol. The van der Waals surface area contributed by atoms with Crippen LogP contribution in [0.1, 0.15) is 86.5 Å². The van der Waals surface area contributed by atoms with E-state index >= 15 is 0 Å². The monoisotopic (exact) mass is 352 g/mol. The molecule has 25 heavy (non-hydrogen) atoms. The van der Waals surface area contributed by atoms with Crippen molar-refractivity contribution in [1.82, 2.24) is 9.80 Å². The Balaban J connectivity index is 1.58. The van der Waals surface area contributed by atoms with Crippen molar-refractivity contribution in [2.24, 2.45) is 5.92 Å². The van der Waals surface area contributed by atoms with Crippen molar-refractivity contribution < 1.29 is 4.74 Å². The molecule has 0 N–H and O–H groups in total. The molecule has 1 heterocycles. The van der Waals surface area contributed by atoms with Crippen LogP contribution < -0.4 is 0 Å². The van der Waals surface area contributed by atoms with Crippen LogP contribution in [0.15, 0.2) is 0 Å². The topological polar surface area (TPSA) is 15.7 Å². The van der Waals surface area contributed by atoms with E-state index in [0.717, 1.165) is 5.92 Å². The number of hydrogen-bond acceptors (Lipinski definition) is 3. The van der Waals surface area contributed by atoms with Crippen LogP contribution in [0, 0.1) is 5.92 Å². The Hall–Kier alpha value is -0.120. The fourth-order valence-electron chi connectivity index (χ4n) is 5.13. The third-order valence-corrected chi connectivity index (χ3v) is 6.26. The molecule has 0 radical (unpaired) electrons. The Morgan fingerprint density at radius 3 is 2.20 bits per heavy atom. The summed E-state index contributed by atoms with van der Waals surface area (Å²) in [6.07, 6.45) is 10.5. The second kappa shape index (κ2) is 9.71. The first-order chi connectivity index (χ1) is 11.8. The molecule has 0 aromatic heterocycles. The number of piperazine rings is 1. The molecule has 2 rings (SSSR count). The van der Waals surface area contributed by atoms with E-state index in [2.05, 4.69) is 51.3 Å². The minimum atomic E-state index is 0.321. The van der Waals surface area contributed by atoms with Crippen LogP contribution in [-0.2, 0) is 4.74 Å². The summed E-state index contributed by atoms with van der Waals surface area (Å²) in [5.74, 6) is 0.959. The van der Waals surface area contributed by atoms with Crippen molar-refractivity contribution in [3.05, 3.63) is 0 Å². The molecule has 1 saturated carbocycles. The second-order valence-corrected chi connectivity index (χ2v) is 9.70. The molecule has 2 aliphatic rings. The number of ether oxygens (including phenoxy) is 1. The highest BCUT2D eigenvalue weighted by atomic mass is 16.5. The predicted octanol–water partition coefficient (Wildman–Crippen LogP) is 4.95. The summed E-state index contributed by atoms with van der Waals surface area (Å²) < 4.78 is 5.98. The van der Waals surface area contributed by atoms with E-state index in [0.29, 0.717) is 23.8 Å². The second-order valence-electron chi connectivity index (χ2n) is 9.70. The van der Waals surface area contributed by atoms with E-state index < -0.39 is 0 Å². The van der Waals surface area contributed by atoms with Crippen molar-refractivity contribution in [2.45, 2.75) is 110 Å². The maximum absolute atomic E-state index is 5.98. The van der Waals surface area contributed by atoms with E-state index in [-0.39, 0.29) is 0 Å². The minimum Gasteiger partial charge on any atom is -0.376 e. The Labute approximate surface area is 157 Å². The van der Waals surface area contributed by atoms with Gasteiger partial charge in [0.15, 0.2) is 0 Å². The van der Waals surface area contributed by atoms with Gasteiger partial charge in [0, 0.05) is 31.2 Å². The first-order valence-electron chi connectivity index (χ1n) is 10.9. The number of hydrogen-bond donors (Lipinski definition) is 0. The Morgan fingerprint density at radius 1 is 0.960 bits per heavy atom. The first kappa shape index (κ1) is 21.2. The average molecular weight is 353 g/mol. The highest BCUT2D eigenvalue weighted by Gasteiger charge is 2.34. The Morgan fingerprint density at radius 2 is 1.64 bits per heavy atom. The Kier molecular flexibility index (Phi) is 8.23. The summed E-state index contributed by atoms with van der Waals surface area (Å²) in [6.45, 7) is 18.8. The third-order valence-electron chi connectivity index (χ3n) is 6.26. The molecular weight excluding hydrogens is 308 g/mol.